The number of carbonyl (C=O) groups is 2. The standard InChI is InChI=1S/C31H29F3N6O3/c1-19-4-5-22(37-30(42)28-26(33)14-20(32)15-27(28)34)16-25(19)29(41)38-23-17-35-31(36-18-23)39-21-6-8-24(9-7-21)43-13-12-40-10-2-3-11-40/h4-9,14-18H,2-3,10-13H2,1H3,(H,37,42)(H,38,41)(H,35,36,39). The number of aromatic nitrogens is 2. The molecule has 2 heterocycles. The van der Waals surface area contributed by atoms with E-state index in [-0.39, 0.29) is 11.3 Å². The highest BCUT2D eigenvalue weighted by Gasteiger charge is 2.20. The van der Waals surface area contributed by atoms with Gasteiger partial charge in [0.05, 0.1) is 18.1 Å². The minimum Gasteiger partial charge on any atom is -0.492 e. The van der Waals surface area contributed by atoms with Crippen LogP contribution in [0.3, 0.4) is 0 Å². The second kappa shape index (κ2) is 13.3. The van der Waals surface area contributed by atoms with Gasteiger partial charge in [0.15, 0.2) is 0 Å². The van der Waals surface area contributed by atoms with Gasteiger partial charge in [-0.3, -0.25) is 14.5 Å². The van der Waals surface area contributed by atoms with Crippen molar-refractivity contribution in [1.82, 2.24) is 14.9 Å². The molecule has 12 heteroatoms. The zero-order valence-electron chi connectivity index (χ0n) is 23.3. The number of amides is 2. The van der Waals surface area contributed by atoms with Gasteiger partial charge in [0.2, 0.25) is 5.95 Å². The summed E-state index contributed by atoms with van der Waals surface area (Å²) in [5.74, 6) is -4.37. The van der Waals surface area contributed by atoms with Crippen LogP contribution in [0.1, 0.15) is 39.1 Å². The molecule has 9 nitrogen and oxygen atoms in total. The summed E-state index contributed by atoms with van der Waals surface area (Å²) in [6.45, 7) is 5.50. The van der Waals surface area contributed by atoms with Gasteiger partial charge in [0.25, 0.3) is 11.8 Å². The van der Waals surface area contributed by atoms with Gasteiger partial charge >= 0.3 is 0 Å². The average Bonchev–Trinajstić information content (AvgIpc) is 3.49. The van der Waals surface area contributed by atoms with Crippen molar-refractivity contribution in [1.29, 1.82) is 0 Å². The van der Waals surface area contributed by atoms with Crippen molar-refractivity contribution in [3.05, 3.63) is 101 Å². The Balaban J connectivity index is 1.16. The van der Waals surface area contributed by atoms with Crippen LogP contribution in [0.2, 0.25) is 0 Å². The van der Waals surface area contributed by atoms with Crippen molar-refractivity contribution < 1.29 is 27.5 Å². The van der Waals surface area contributed by atoms with Gasteiger partial charge in [0.1, 0.15) is 35.4 Å². The number of likely N-dealkylation sites (tertiary alicyclic amines) is 1. The van der Waals surface area contributed by atoms with Crippen LogP contribution in [0.4, 0.5) is 36.2 Å². The van der Waals surface area contributed by atoms with Crippen molar-refractivity contribution in [2.24, 2.45) is 0 Å². The summed E-state index contributed by atoms with van der Waals surface area (Å²) in [5, 5.41) is 8.12. The third-order valence-electron chi connectivity index (χ3n) is 6.87. The van der Waals surface area contributed by atoms with E-state index in [2.05, 4.69) is 30.8 Å². The Labute approximate surface area is 246 Å². The van der Waals surface area contributed by atoms with Crippen LogP contribution in [0.5, 0.6) is 5.75 Å². The lowest BCUT2D eigenvalue weighted by Gasteiger charge is -2.15. The molecule has 0 spiro atoms. The number of hydrogen-bond acceptors (Lipinski definition) is 7. The van der Waals surface area contributed by atoms with E-state index >= 15 is 0 Å². The fourth-order valence-corrected chi connectivity index (χ4v) is 4.62. The summed E-state index contributed by atoms with van der Waals surface area (Å²) < 4.78 is 47.0. The van der Waals surface area contributed by atoms with Crippen LogP contribution in [-0.4, -0.2) is 52.9 Å². The smallest absolute Gasteiger partial charge is 0.261 e. The SMILES string of the molecule is Cc1ccc(NC(=O)c2c(F)cc(F)cc2F)cc1C(=O)Nc1cnc(Nc2ccc(OCCN3CCCC3)cc2)nc1. The number of carbonyl (C=O) groups excluding carboxylic acids is 2. The third-order valence-corrected chi connectivity index (χ3v) is 6.87. The molecule has 1 saturated heterocycles. The quantitative estimate of drug-likeness (QED) is 0.210. The summed E-state index contributed by atoms with van der Waals surface area (Å²) in [5.41, 5.74) is 1.04. The molecule has 0 bridgehead atoms. The van der Waals surface area contributed by atoms with Crippen LogP contribution < -0.4 is 20.7 Å². The zero-order chi connectivity index (χ0) is 30.3. The molecule has 3 aromatic carbocycles. The number of aryl methyl sites for hydroxylation is 1. The van der Waals surface area contributed by atoms with Crippen LogP contribution in [0.25, 0.3) is 0 Å². The first-order valence-corrected chi connectivity index (χ1v) is 13.7. The van der Waals surface area contributed by atoms with E-state index in [4.69, 9.17) is 4.74 Å². The van der Waals surface area contributed by atoms with E-state index in [9.17, 15) is 22.8 Å². The molecule has 0 radical (unpaired) electrons. The molecule has 5 rings (SSSR count). The summed E-state index contributed by atoms with van der Waals surface area (Å²) in [4.78, 5) is 36.3. The lowest BCUT2D eigenvalue weighted by molar-refractivity contribution is 0.101. The summed E-state index contributed by atoms with van der Waals surface area (Å²) in [6.07, 6.45) is 5.37. The van der Waals surface area contributed by atoms with Crippen molar-refractivity contribution >= 4 is 34.8 Å². The number of hydrogen-bond donors (Lipinski definition) is 3. The molecule has 43 heavy (non-hydrogen) atoms. The van der Waals surface area contributed by atoms with E-state index in [1.807, 2.05) is 24.3 Å². The van der Waals surface area contributed by atoms with E-state index in [0.29, 0.717) is 35.9 Å². The number of nitrogens with one attached hydrogen (secondary N) is 3. The first kappa shape index (κ1) is 29.5. The van der Waals surface area contributed by atoms with Gasteiger partial charge in [-0.25, -0.2) is 23.1 Å². The second-order valence-corrected chi connectivity index (χ2v) is 10.0. The van der Waals surface area contributed by atoms with Gasteiger partial charge in [-0.1, -0.05) is 6.07 Å². The third kappa shape index (κ3) is 7.66. The molecule has 1 aliphatic rings. The Morgan fingerprint density at radius 1 is 0.837 bits per heavy atom. The second-order valence-electron chi connectivity index (χ2n) is 10.0. The Morgan fingerprint density at radius 2 is 1.47 bits per heavy atom. The lowest BCUT2D eigenvalue weighted by Crippen LogP contribution is -2.25. The van der Waals surface area contributed by atoms with Crippen LogP contribution in [0.15, 0.2) is 67.0 Å². The fourth-order valence-electron chi connectivity index (χ4n) is 4.62. The topological polar surface area (TPSA) is 108 Å². The Kier molecular flexibility index (Phi) is 9.16. The Bertz CT molecular complexity index is 1590. The maximum atomic E-state index is 14.0. The normalized spacial score (nSPS) is 13.0. The van der Waals surface area contributed by atoms with Gasteiger partial charge < -0.3 is 20.7 Å². The lowest BCUT2D eigenvalue weighted by atomic mass is 10.1. The van der Waals surface area contributed by atoms with Gasteiger partial charge in [-0.15, -0.1) is 0 Å². The molecule has 0 aliphatic carbocycles. The molecule has 1 fully saturated rings. The predicted octanol–water partition coefficient (Wildman–Crippen LogP) is 5.93. The first-order chi connectivity index (χ1) is 20.7. The number of halogens is 3. The summed E-state index contributed by atoms with van der Waals surface area (Å²) in [7, 11) is 0. The monoisotopic (exact) mass is 590 g/mol. The Hall–Kier alpha value is -4.97. The zero-order valence-corrected chi connectivity index (χ0v) is 23.3. The molecule has 0 saturated carbocycles. The van der Waals surface area contributed by atoms with Gasteiger partial charge in [-0.05, 0) is 74.8 Å². The minimum atomic E-state index is -1.34. The molecule has 1 aliphatic heterocycles. The molecular weight excluding hydrogens is 561 g/mol. The van der Waals surface area contributed by atoms with Crippen molar-refractivity contribution in [2.45, 2.75) is 19.8 Å². The molecular formula is C31H29F3N6O3. The molecule has 4 aromatic rings. The predicted molar refractivity (Wildman–Crippen MR) is 156 cm³/mol. The first-order valence-electron chi connectivity index (χ1n) is 13.7. The maximum Gasteiger partial charge on any atom is 0.261 e. The number of benzene rings is 3. The number of anilines is 4. The highest BCUT2D eigenvalue weighted by atomic mass is 19.1. The fraction of sp³-hybridized carbons (Fsp3) is 0.226. The molecule has 2 amide bonds. The Morgan fingerprint density at radius 3 is 2.14 bits per heavy atom. The minimum absolute atomic E-state index is 0.114. The molecule has 1 aromatic heterocycles. The molecule has 3 N–H and O–H groups in total. The van der Waals surface area contributed by atoms with E-state index in [1.54, 1.807) is 13.0 Å². The summed E-state index contributed by atoms with van der Waals surface area (Å²) >= 11 is 0. The van der Waals surface area contributed by atoms with Gasteiger partial charge in [0, 0.05) is 35.6 Å². The largest absolute Gasteiger partial charge is 0.492 e. The van der Waals surface area contributed by atoms with Crippen LogP contribution in [0, 0.1) is 24.4 Å². The highest BCUT2D eigenvalue weighted by Crippen LogP contribution is 2.22. The number of nitrogens with zero attached hydrogens (tertiary/aromatic N) is 3. The summed E-state index contributed by atoms with van der Waals surface area (Å²) in [6, 6.07) is 12.7. The van der Waals surface area contributed by atoms with Crippen molar-refractivity contribution in [2.75, 3.05) is 42.2 Å². The number of ether oxygens (including phenoxy) is 1. The van der Waals surface area contributed by atoms with Crippen LogP contribution in [-0.2, 0) is 0 Å². The maximum absolute atomic E-state index is 14.0. The van der Waals surface area contributed by atoms with Crippen molar-refractivity contribution in [3.63, 3.8) is 0 Å². The van der Waals surface area contributed by atoms with Crippen molar-refractivity contribution in [3.8, 4) is 5.75 Å². The number of rotatable bonds is 10. The van der Waals surface area contributed by atoms with E-state index in [1.165, 1.54) is 37.4 Å². The van der Waals surface area contributed by atoms with E-state index < -0.39 is 34.8 Å². The highest BCUT2D eigenvalue weighted by molar-refractivity contribution is 6.08. The van der Waals surface area contributed by atoms with Gasteiger partial charge in [-0.2, -0.15) is 0 Å². The molecule has 0 unspecified atom stereocenters. The average molecular weight is 591 g/mol. The molecule has 0 atom stereocenters. The van der Waals surface area contributed by atoms with Crippen LogP contribution >= 0.6 is 0 Å². The van der Waals surface area contributed by atoms with E-state index in [0.717, 1.165) is 31.1 Å². The molecule has 222 valence electrons.